The molecule has 2 saturated heterocycles. The predicted octanol–water partition coefficient (Wildman–Crippen LogP) is 3.57. The van der Waals surface area contributed by atoms with Crippen LogP contribution >= 0.6 is 0 Å². The van der Waals surface area contributed by atoms with Crippen LogP contribution in [0.25, 0.3) is 0 Å². The molecule has 2 aromatic rings. The summed E-state index contributed by atoms with van der Waals surface area (Å²) >= 11 is 0. The Bertz CT molecular complexity index is 815. The van der Waals surface area contributed by atoms with Crippen molar-refractivity contribution in [3.05, 3.63) is 52.7 Å². The maximum Gasteiger partial charge on any atom is 0.259 e. The number of hydrogen-bond donors (Lipinski definition) is 1. The number of hydrogen-bond acceptors (Lipinski definition) is 4. The topological polar surface area (TPSA) is 58.4 Å². The van der Waals surface area contributed by atoms with Gasteiger partial charge in [-0.25, -0.2) is 4.39 Å². The zero-order chi connectivity index (χ0) is 19.0. The highest BCUT2D eigenvalue weighted by molar-refractivity contribution is 5.96. The molecule has 2 aliphatic heterocycles. The monoisotopic (exact) mass is 371 g/mol. The van der Waals surface area contributed by atoms with Gasteiger partial charge in [0.1, 0.15) is 17.1 Å². The van der Waals surface area contributed by atoms with Crippen molar-refractivity contribution < 1.29 is 13.7 Å². The normalized spacial score (nSPS) is 25.7. The summed E-state index contributed by atoms with van der Waals surface area (Å²) in [6.45, 7) is 5.09. The summed E-state index contributed by atoms with van der Waals surface area (Å²) in [5, 5.41) is 7.60. The number of halogens is 1. The van der Waals surface area contributed by atoms with Gasteiger partial charge in [-0.05, 0) is 50.9 Å². The number of aromatic nitrogens is 1. The highest BCUT2D eigenvalue weighted by Gasteiger charge is 2.45. The lowest BCUT2D eigenvalue weighted by Gasteiger charge is -2.31. The average Bonchev–Trinajstić information content (AvgIpc) is 3.14. The first-order chi connectivity index (χ1) is 13.1. The largest absolute Gasteiger partial charge is 0.361 e. The molecular formula is C21H26FN3O2. The van der Waals surface area contributed by atoms with Crippen molar-refractivity contribution in [1.82, 2.24) is 15.4 Å². The SMILES string of the molecule is Cc1noc(C)c1C(=O)N1C[C@@H](c2cccc(F)c2)[C@@H]2NCCCCC[C@H]21. The fourth-order valence-corrected chi connectivity index (χ4v) is 4.68. The molecule has 1 aromatic heterocycles. The highest BCUT2D eigenvalue weighted by Crippen LogP contribution is 2.37. The minimum Gasteiger partial charge on any atom is -0.361 e. The number of nitrogens with zero attached hydrogens (tertiary/aromatic N) is 2. The Morgan fingerprint density at radius 1 is 1.30 bits per heavy atom. The van der Waals surface area contributed by atoms with Crippen LogP contribution in [-0.4, -0.2) is 41.1 Å². The van der Waals surface area contributed by atoms with Crippen molar-refractivity contribution in [2.75, 3.05) is 13.1 Å². The van der Waals surface area contributed by atoms with E-state index in [-0.39, 0.29) is 29.7 Å². The van der Waals surface area contributed by atoms with Gasteiger partial charge in [-0.15, -0.1) is 0 Å². The van der Waals surface area contributed by atoms with E-state index in [0.29, 0.717) is 23.6 Å². The first kappa shape index (κ1) is 18.2. The predicted molar refractivity (Wildman–Crippen MR) is 100 cm³/mol. The van der Waals surface area contributed by atoms with Crippen molar-refractivity contribution >= 4 is 5.91 Å². The van der Waals surface area contributed by atoms with Crippen molar-refractivity contribution in [1.29, 1.82) is 0 Å². The van der Waals surface area contributed by atoms with Gasteiger partial charge in [-0.3, -0.25) is 4.79 Å². The molecule has 3 atom stereocenters. The van der Waals surface area contributed by atoms with Crippen molar-refractivity contribution in [2.24, 2.45) is 0 Å². The number of amides is 1. The number of nitrogens with one attached hydrogen (secondary N) is 1. The Balaban J connectivity index is 1.70. The molecule has 5 nitrogen and oxygen atoms in total. The number of benzene rings is 1. The molecule has 0 unspecified atom stereocenters. The van der Waals surface area contributed by atoms with Crippen LogP contribution in [0.1, 0.15) is 59.0 Å². The van der Waals surface area contributed by atoms with Gasteiger partial charge in [0, 0.05) is 24.5 Å². The van der Waals surface area contributed by atoms with E-state index in [1.807, 2.05) is 11.0 Å². The second-order valence-corrected chi connectivity index (χ2v) is 7.71. The summed E-state index contributed by atoms with van der Waals surface area (Å²) in [7, 11) is 0. The van der Waals surface area contributed by atoms with E-state index < -0.39 is 0 Å². The number of fused-ring (bicyclic) bond motifs is 1. The summed E-state index contributed by atoms with van der Waals surface area (Å²) in [5.74, 6) is 0.378. The first-order valence-electron chi connectivity index (χ1n) is 9.79. The molecule has 0 spiro atoms. The average molecular weight is 371 g/mol. The molecular weight excluding hydrogens is 345 g/mol. The fourth-order valence-electron chi connectivity index (χ4n) is 4.68. The van der Waals surface area contributed by atoms with Crippen LogP contribution in [0.3, 0.4) is 0 Å². The number of aryl methyl sites for hydroxylation is 2. The summed E-state index contributed by atoms with van der Waals surface area (Å²) < 4.78 is 19.1. The second-order valence-electron chi connectivity index (χ2n) is 7.71. The second kappa shape index (κ2) is 7.43. The number of rotatable bonds is 2. The van der Waals surface area contributed by atoms with Crippen LogP contribution in [0.2, 0.25) is 0 Å². The van der Waals surface area contributed by atoms with Crippen LogP contribution in [-0.2, 0) is 0 Å². The minimum absolute atomic E-state index is 0.0254. The first-order valence-corrected chi connectivity index (χ1v) is 9.79. The lowest BCUT2D eigenvalue weighted by Crippen LogP contribution is -2.47. The highest BCUT2D eigenvalue weighted by atomic mass is 19.1. The van der Waals surface area contributed by atoms with Gasteiger partial charge in [0.15, 0.2) is 0 Å². The molecule has 0 radical (unpaired) electrons. The van der Waals surface area contributed by atoms with Crippen LogP contribution < -0.4 is 5.32 Å². The van der Waals surface area contributed by atoms with E-state index in [2.05, 4.69) is 10.5 Å². The van der Waals surface area contributed by atoms with Gasteiger partial charge in [-0.1, -0.05) is 30.1 Å². The molecule has 1 amide bonds. The zero-order valence-electron chi connectivity index (χ0n) is 15.9. The van der Waals surface area contributed by atoms with E-state index in [4.69, 9.17) is 4.52 Å². The number of likely N-dealkylation sites (tertiary alicyclic amines) is 1. The standard InChI is InChI=1S/C21H26FN3O2/c1-13-19(14(2)27-24-13)21(26)25-12-17(15-7-6-8-16(22)11-15)20-18(25)9-4-3-5-10-23-20/h6-8,11,17-18,20,23H,3-5,9-10,12H2,1-2H3/t17-,18+,20-/m0/s1. The quantitative estimate of drug-likeness (QED) is 0.877. The summed E-state index contributed by atoms with van der Waals surface area (Å²) in [6, 6.07) is 7.02. The van der Waals surface area contributed by atoms with Gasteiger partial charge < -0.3 is 14.7 Å². The molecule has 0 saturated carbocycles. The molecule has 6 heteroatoms. The minimum atomic E-state index is -0.231. The molecule has 1 aromatic carbocycles. The Kier molecular flexibility index (Phi) is 5.00. The van der Waals surface area contributed by atoms with Crippen LogP contribution in [0.15, 0.2) is 28.8 Å². The molecule has 1 N–H and O–H groups in total. The summed E-state index contributed by atoms with van der Waals surface area (Å²) in [4.78, 5) is 15.3. The molecule has 144 valence electrons. The molecule has 0 bridgehead atoms. The van der Waals surface area contributed by atoms with E-state index in [1.165, 1.54) is 6.07 Å². The molecule has 0 aliphatic carbocycles. The smallest absolute Gasteiger partial charge is 0.259 e. The molecule has 27 heavy (non-hydrogen) atoms. The Morgan fingerprint density at radius 2 is 2.15 bits per heavy atom. The molecule has 2 aliphatic rings. The fraction of sp³-hybridized carbons (Fsp3) is 0.524. The zero-order valence-corrected chi connectivity index (χ0v) is 15.9. The van der Waals surface area contributed by atoms with Gasteiger partial charge in [0.05, 0.1) is 5.69 Å². The molecule has 2 fully saturated rings. The van der Waals surface area contributed by atoms with Gasteiger partial charge in [0.2, 0.25) is 0 Å². The Labute approximate surface area is 158 Å². The van der Waals surface area contributed by atoms with Crippen molar-refractivity contribution in [3.8, 4) is 0 Å². The third-order valence-corrected chi connectivity index (χ3v) is 5.98. The lowest BCUT2D eigenvalue weighted by atomic mass is 9.88. The number of carbonyl (C=O) groups excluding carboxylic acids is 1. The maximum absolute atomic E-state index is 13.9. The van der Waals surface area contributed by atoms with E-state index in [0.717, 1.165) is 37.8 Å². The van der Waals surface area contributed by atoms with Gasteiger partial charge in [0.25, 0.3) is 5.91 Å². The van der Waals surface area contributed by atoms with Crippen molar-refractivity contribution in [3.63, 3.8) is 0 Å². The van der Waals surface area contributed by atoms with Crippen LogP contribution in [0.5, 0.6) is 0 Å². The maximum atomic E-state index is 13.9. The van der Waals surface area contributed by atoms with E-state index >= 15 is 0 Å². The third-order valence-electron chi connectivity index (χ3n) is 5.98. The third kappa shape index (κ3) is 3.38. The Morgan fingerprint density at radius 3 is 2.89 bits per heavy atom. The van der Waals surface area contributed by atoms with Gasteiger partial charge >= 0.3 is 0 Å². The summed E-state index contributed by atoms with van der Waals surface area (Å²) in [6.07, 6.45) is 4.35. The lowest BCUT2D eigenvalue weighted by molar-refractivity contribution is 0.0710. The molecule has 4 rings (SSSR count). The van der Waals surface area contributed by atoms with Crippen molar-refractivity contribution in [2.45, 2.75) is 57.5 Å². The number of carbonyl (C=O) groups is 1. The molecule has 3 heterocycles. The van der Waals surface area contributed by atoms with Gasteiger partial charge in [-0.2, -0.15) is 0 Å². The van der Waals surface area contributed by atoms with E-state index in [9.17, 15) is 9.18 Å². The van der Waals surface area contributed by atoms with E-state index in [1.54, 1.807) is 26.0 Å². The summed E-state index contributed by atoms with van der Waals surface area (Å²) in [5.41, 5.74) is 2.14. The van der Waals surface area contributed by atoms with Crippen LogP contribution in [0, 0.1) is 19.7 Å². The van der Waals surface area contributed by atoms with Crippen LogP contribution in [0.4, 0.5) is 4.39 Å². The Hall–Kier alpha value is -2.21.